The Morgan fingerprint density at radius 1 is 1.12 bits per heavy atom. The highest BCUT2D eigenvalue weighted by atomic mass is 32.2. The molecule has 1 N–H and O–H groups in total. The first-order valence-corrected chi connectivity index (χ1v) is 11.0. The average Bonchev–Trinajstić information content (AvgIpc) is 2.75. The van der Waals surface area contributed by atoms with Crippen LogP contribution >= 0.6 is 0 Å². The van der Waals surface area contributed by atoms with Gasteiger partial charge in [-0.05, 0) is 30.3 Å². The molecule has 0 saturated carbocycles. The van der Waals surface area contributed by atoms with Crippen LogP contribution in [0.2, 0.25) is 0 Å². The van der Waals surface area contributed by atoms with Gasteiger partial charge in [-0.15, -0.1) is 0 Å². The Morgan fingerprint density at radius 3 is 2.44 bits per heavy atom. The molecule has 0 aliphatic carbocycles. The van der Waals surface area contributed by atoms with Crippen LogP contribution < -0.4 is 14.8 Å². The molecule has 3 rings (SSSR count). The molecule has 0 fully saturated rings. The first kappa shape index (κ1) is 24.8. The number of carbonyl (C=O) groups excluding carboxylic acids is 1. The lowest BCUT2D eigenvalue weighted by Crippen LogP contribution is -2.19. The van der Waals surface area contributed by atoms with Crippen molar-refractivity contribution in [2.24, 2.45) is 0 Å². The second-order valence-electron chi connectivity index (χ2n) is 6.66. The highest BCUT2D eigenvalue weighted by molar-refractivity contribution is 7.90. The third kappa shape index (κ3) is 5.39. The number of carbonyl (C=O) groups is 1. The van der Waals surface area contributed by atoms with Crippen LogP contribution in [0.3, 0.4) is 0 Å². The summed E-state index contributed by atoms with van der Waals surface area (Å²) in [5.41, 5.74) is -2.58. The molecule has 0 bridgehead atoms. The maximum atomic E-state index is 14.0. The molecule has 1 heterocycles. The van der Waals surface area contributed by atoms with E-state index >= 15 is 0 Å². The number of nitrogens with one attached hydrogen (secondary N) is 1. The maximum absolute atomic E-state index is 14.0. The van der Waals surface area contributed by atoms with E-state index in [-0.39, 0.29) is 16.8 Å². The van der Waals surface area contributed by atoms with E-state index < -0.39 is 62.3 Å². The molecule has 0 radical (unpaired) electrons. The number of methoxy groups -OCH3 is 1. The number of rotatable bonds is 6. The van der Waals surface area contributed by atoms with E-state index in [2.05, 4.69) is 15.3 Å². The molecular formula is C20H14F5N3O5S. The predicted octanol–water partition coefficient (Wildman–Crippen LogP) is 4.23. The van der Waals surface area contributed by atoms with Crippen LogP contribution in [0.15, 0.2) is 47.5 Å². The summed E-state index contributed by atoms with van der Waals surface area (Å²) in [6, 6.07) is 6.49. The minimum Gasteiger partial charge on any atom is -0.490 e. The van der Waals surface area contributed by atoms with Gasteiger partial charge in [0, 0.05) is 11.9 Å². The van der Waals surface area contributed by atoms with Crippen molar-refractivity contribution in [3.05, 3.63) is 65.6 Å². The lowest BCUT2D eigenvalue weighted by molar-refractivity contribution is -0.141. The number of anilines is 1. The topological polar surface area (TPSA) is 107 Å². The lowest BCUT2D eigenvalue weighted by Gasteiger charge is -2.14. The van der Waals surface area contributed by atoms with E-state index in [4.69, 9.17) is 9.47 Å². The summed E-state index contributed by atoms with van der Waals surface area (Å²) in [4.78, 5) is 19.3. The van der Waals surface area contributed by atoms with Crippen molar-refractivity contribution in [1.82, 2.24) is 9.97 Å². The predicted molar refractivity (Wildman–Crippen MR) is 108 cm³/mol. The number of hydrogen-bond donors (Lipinski definition) is 1. The van der Waals surface area contributed by atoms with E-state index in [0.717, 1.165) is 25.5 Å². The lowest BCUT2D eigenvalue weighted by atomic mass is 10.2. The van der Waals surface area contributed by atoms with Crippen molar-refractivity contribution in [2.75, 3.05) is 18.7 Å². The fourth-order valence-corrected chi connectivity index (χ4v) is 3.29. The molecule has 0 spiro atoms. The van der Waals surface area contributed by atoms with Gasteiger partial charge in [0.15, 0.2) is 32.8 Å². The van der Waals surface area contributed by atoms with E-state index in [1.54, 1.807) is 0 Å². The molecule has 8 nitrogen and oxygen atoms in total. The van der Waals surface area contributed by atoms with Crippen molar-refractivity contribution in [3.63, 3.8) is 0 Å². The number of hydrogen-bond acceptors (Lipinski definition) is 7. The standard InChI is InChI=1S/C20H14F5N3O5S/c1-32-17-13(7-6-12(21)15(17)22)33-19-16(28-14(9-26-19)20(23,24)25)18(29)27-10-4-3-5-11(8-10)34(2,30)31/h3-9H,1-2H3,(H,27,29). The maximum Gasteiger partial charge on any atom is 0.434 e. The number of benzene rings is 2. The molecule has 34 heavy (non-hydrogen) atoms. The quantitative estimate of drug-likeness (QED) is 0.502. The fraction of sp³-hybridized carbons (Fsp3) is 0.150. The van der Waals surface area contributed by atoms with E-state index in [9.17, 15) is 35.2 Å². The van der Waals surface area contributed by atoms with Gasteiger partial charge in [-0.1, -0.05) is 6.07 Å². The summed E-state index contributed by atoms with van der Waals surface area (Å²) in [6.45, 7) is 0. The van der Waals surface area contributed by atoms with Crippen LogP contribution in [0.5, 0.6) is 17.4 Å². The molecule has 3 aromatic rings. The Kier molecular flexibility index (Phi) is 6.72. The van der Waals surface area contributed by atoms with Crippen LogP contribution in [-0.2, 0) is 16.0 Å². The average molecular weight is 503 g/mol. The SMILES string of the molecule is COc1c(Oc2ncc(C(F)(F)F)nc2C(=O)Nc2cccc(S(C)(=O)=O)c2)ccc(F)c1F. The van der Waals surface area contributed by atoms with E-state index in [1.165, 1.54) is 18.2 Å². The van der Waals surface area contributed by atoms with E-state index in [1.807, 2.05) is 0 Å². The molecule has 180 valence electrons. The first-order valence-electron chi connectivity index (χ1n) is 9.07. The minimum absolute atomic E-state index is 0.0801. The van der Waals surface area contributed by atoms with Gasteiger partial charge in [0.1, 0.15) is 0 Å². The van der Waals surface area contributed by atoms with Gasteiger partial charge >= 0.3 is 6.18 Å². The van der Waals surface area contributed by atoms with Gasteiger partial charge in [-0.25, -0.2) is 22.8 Å². The molecule has 1 amide bonds. The minimum atomic E-state index is -4.98. The summed E-state index contributed by atoms with van der Waals surface area (Å²) in [7, 11) is -2.66. The third-order valence-corrected chi connectivity index (χ3v) is 5.30. The van der Waals surface area contributed by atoms with Crippen LogP contribution in [0.1, 0.15) is 16.2 Å². The summed E-state index contributed by atoms with van der Waals surface area (Å²) in [6.07, 6.45) is -3.77. The van der Waals surface area contributed by atoms with Crippen molar-refractivity contribution in [1.29, 1.82) is 0 Å². The van der Waals surface area contributed by atoms with Gasteiger partial charge < -0.3 is 14.8 Å². The van der Waals surface area contributed by atoms with Crippen molar-refractivity contribution in [2.45, 2.75) is 11.1 Å². The summed E-state index contributed by atoms with van der Waals surface area (Å²) in [5.74, 6) is -5.98. The van der Waals surface area contributed by atoms with Crippen LogP contribution in [0, 0.1) is 11.6 Å². The first-order chi connectivity index (χ1) is 15.8. The molecule has 0 aliphatic rings. The zero-order valence-corrected chi connectivity index (χ0v) is 18.1. The van der Waals surface area contributed by atoms with Gasteiger partial charge in [0.2, 0.25) is 11.6 Å². The Balaban J connectivity index is 2.05. The van der Waals surface area contributed by atoms with Crippen molar-refractivity contribution < 1.29 is 44.6 Å². The van der Waals surface area contributed by atoms with Crippen LogP contribution in [-0.4, -0.2) is 37.7 Å². The molecular weight excluding hydrogens is 489 g/mol. The zero-order valence-electron chi connectivity index (χ0n) is 17.3. The molecule has 0 saturated heterocycles. The summed E-state index contributed by atoms with van der Waals surface area (Å²) < 4.78 is 100. The molecule has 1 aromatic heterocycles. The van der Waals surface area contributed by atoms with E-state index in [0.29, 0.717) is 6.07 Å². The molecule has 14 heteroatoms. The van der Waals surface area contributed by atoms with Gasteiger partial charge in [-0.2, -0.15) is 17.6 Å². The smallest absolute Gasteiger partial charge is 0.434 e. The van der Waals surface area contributed by atoms with Crippen LogP contribution in [0.4, 0.5) is 27.6 Å². The second-order valence-corrected chi connectivity index (χ2v) is 8.67. The molecule has 0 atom stereocenters. The highest BCUT2D eigenvalue weighted by Gasteiger charge is 2.35. The normalized spacial score (nSPS) is 11.7. The van der Waals surface area contributed by atoms with Crippen molar-refractivity contribution in [3.8, 4) is 17.4 Å². The summed E-state index contributed by atoms with van der Waals surface area (Å²) >= 11 is 0. The molecule has 0 aliphatic heterocycles. The highest BCUT2D eigenvalue weighted by Crippen LogP contribution is 2.36. The largest absolute Gasteiger partial charge is 0.490 e. The number of amides is 1. The fourth-order valence-electron chi connectivity index (χ4n) is 2.62. The second kappa shape index (κ2) is 9.21. The van der Waals surface area contributed by atoms with Gasteiger partial charge in [0.05, 0.1) is 18.2 Å². The Hall–Kier alpha value is -3.81. The number of aromatic nitrogens is 2. The Morgan fingerprint density at radius 2 is 1.82 bits per heavy atom. The molecule has 2 aromatic carbocycles. The number of ether oxygens (including phenoxy) is 2. The van der Waals surface area contributed by atoms with Crippen molar-refractivity contribution >= 4 is 21.4 Å². The summed E-state index contributed by atoms with van der Waals surface area (Å²) in [5, 5.41) is 2.21. The third-order valence-electron chi connectivity index (χ3n) is 4.19. The monoisotopic (exact) mass is 503 g/mol. The Bertz CT molecular complexity index is 1360. The van der Waals surface area contributed by atoms with Gasteiger partial charge in [0.25, 0.3) is 11.8 Å². The number of nitrogens with zero attached hydrogens (tertiary/aromatic N) is 2. The van der Waals surface area contributed by atoms with Crippen LogP contribution in [0.25, 0.3) is 0 Å². The number of halogens is 5. The zero-order chi connectivity index (χ0) is 25.3. The number of sulfone groups is 1. The molecule has 0 unspecified atom stereocenters. The number of alkyl halides is 3. The Labute approximate surface area is 189 Å². The van der Waals surface area contributed by atoms with Gasteiger partial charge in [-0.3, -0.25) is 4.79 Å².